The van der Waals surface area contributed by atoms with E-state index in [9.17, 15) is 4.79 Å². The van der Waals surface area contributed by atoms with Crippen LogP contribution in [0.2, 0.25) is 0 Å². The van der Waals surface area contributed by atoms with E-state index in [-0.39, 0.29) is 17.2 Å². The summed E-state index contributed by atoms with van der Waals surface area (Å²) in [6.45, 7) is 6.79. The summed E-state index contributed by atoms with van der Waals surface area (Å²) in [7, 11) is 0. The number of nitrogens with zero attached hydrogens (tertiary/aromatic N) is 1. The van der Waals surface area contributed by atoms with E-state index in [1.54, 1.807) is 4.90 Å². The Labute approximate surface area is 101 Å². The number of nitrogens with two attached hydrogens (primary N) is 1. The van der Waals surface area contributed by atoms with Crippen LogP contribution in [-0.2, 0) is 9.47 Å². The summed E-state index contributed by atoms with van der Waals surface area (Å²) < 4.78 is 10.6. The van der Waals surface area contributed by atoms with Gasteiger partial charge in [0.2, 0.25) is 0 Å². The van der Waals surface area contributed by atoms with Crippen molar-refractivity contribution < 1.29 is 14.3 Å². The topological polar surface area (TPSA) is 64.8 Å². The van der Waals surface area contributed by atoms with Crippen molar-refractivity contribution in [1.29, 1.82) is 0 Å². The molecule has 1 aliphatic rings. The highest BCUT2D eigenvalue weighted by Crippen LogP contribution is 2.13. The smallest absolute Gasteiger partial charge is 0.410 e. The van der Waals surface area contributed by atoms with Crippen LogP contribution in [0.5, 0.6) is 0 Å². The molecule has 0 bridgehead atoms. The zero-order valence-corrected chi connectivity index (χ0v) is 10.7. The number of morpholine rings is 1. The quantitative estimate of drug-likeness (QED) is 0.697. The molecule has 0 aromatic heterocycles. The lowest BCUT2D eigenvalue weighted by atomic mass is 10.2. The summed E-state index contributed by atoms with van der Waals surface area (Å²) in [6.07, 6.45) is -0.715. The number of thiocarbonyl (C=S) groups is 1. The average Bonchev–Trinajstić information content (AvgIpc) is 2.15. The number of hydrogen-bond donors (Lipinski definition) is 1. The molecule has 0 unspecified atom stereocenters. The predicted octanol–water partition coefficient (Wildman–Crippen LogP) is 0.908. The van der Waals surface area contributed by atoms with Crippen LogP contribution in [0.4, 0.5) is 4.79 Å². The number of ether oxygens (including phenoxy) is 2. The highest BCUT2D eigenvalue weighted by atomic mass is 32.1. The Morgan fingerprint density at radius 1 is 1.56 bits per heavy atom. The Morgan fingerprint density at radius 3 is 2.69 bits per heavy atom. The molecular weight excluding hydrogens is 228 g/mol. The van der Waals surface area contributed by atoms with Crippen molar-refractivity contribution in [2.24, 2.45) is 5.73 Å². The summed E-state index contributed by atoms with van der Waals surface area (Å²) in [5.41, 5.74) is 4.99. The summed E-state index contributed by atoms with van der Waals surface area (Å²) in [6, 6.07) is 0. The van der Waals surface area contributed by atoms with Gasteiger partial charge in [-0.25, -0.2) is 4.79 Å². The van der Waals surface area contributed by atoms with Gasteiger partial charge in [0.25, 0.3) is 0 Å². The summed E-state index contributed by atoms with van der Waals surface area (Å²) in [5.74, 6) is 0. The van der Waals surface area contributed by atoms with E-state index in [2.05, 4.69) is 0 Å². The molecule has 1 fully saturated rings. The molecule has 2 N–H and O–H groups in total. The number of rotatable bonds is 1. The fourth-order valence-corrected chi connectivity index (χ4v) is 1.46. The fraction of sp³-hybridized carbons (Fsp3) is 0.800. The molecule has 1 saturated heterocycles. The Morgan fingerprint density at radius 2 is 2.19 bits per heavy atom. The summed E-state index contributed by atoms with van der Waals surface area (Å²) in [5, 5.41) is 0. The van der Waals surface area contributed by atoms with Gasteiger partial charge in [0.05, 0.1) is 13.2 Å². The van der Waals surface area contributed by atoms with Gasteiger partial charge in [0, 0.05) is 6.54 Å². The largest absolute Gasteiger partial charge is 0.444 e. The number of amides is 1. The van der Waals surface area contributed by atoms with Crippen LogP contribution in [0.1, 0.15) is 20.8 Å². The minimum absolute atomic E-state index is 0.272. The lowest BCUT2D eigenvalue weighted by molar-refractivity contribution is -0.0206. The number of carbonyl (C=O) groups excluding carboxylic acids is 1. The first-order valence-electron chi connectivity index (χ1n) is 5.18. The second-order valence-electron chi connectivity index (χ2n) is 4.69. The van der Waals surface area contributed by atoms with Gasteiger partial charge in [-0.1, -0.05) is 12.2 Å². The van der Waals surface area contributed by atoms with E-state index in [0.717, 1.165) is 0 Å². The van der Waals surface area contributed by atoms with Crippen molar-refractivity contribution in [1.82, 2.24) is 4.90 Å². The zero-order chi connectivity index (χ0) is 12.3. The molecule has 0 aromatic carbocycles. The van der Waals surface area contributed by atoms with Crippen molar-refractivity contribution in [3.05, 3.63) is 0 Å². The molecule has 5 nitrogen and oxygen atoms in total. The monoisotopic (exact) mass is 246 g/mol. The highest BCUT2D eigenvalue weighted by Gasteiger charge is 2.29. The molecule has 0 radical (unpaired) electrons. The first-order chi connectivity index (χ1) is 7.29. The van der Waals surface area contributed by atoms with Gasteiger partial charge >= 0.3 is 6.09 Å². The molecule has 0 spiro atoms. The molecule has 1 rings (SSSR count). The maximum atomic E-state index is 11.7. The van der Waals surface area contributed by atoms with Gasteiger partial charge in [0.15, 0.2) is 0 Å². The van der Waals surface area contributed by atoms with Crippen LogP contribution in [0.3, 0.4) is 0 Å². The van der Waals surface area contributed by atoms with Crippen molar-refractivity contribution in [2.45, 2.75) is 32.5 Å². The first kappa shape index (κ1) is 13.2. The number of carbonyl (C=O) groups is 1. The molecular formula is C10H18N2O3S. The van der Waals surface area contributed by atoms with E-state index in [1.165, 1.54) is 0 Å². The van der Waals surface area contributed by atoms with Crippen molar-refractivity contribution in [3.8, 4) is 0 Å². The van der Waals surface area contributed by atoms with Crippen LogP contribution in [0, 0.1) is 0 Å². The van der Waals surface area contributed by atoms with Crippen molar-refractivity contribution >= 4 is 23.3 Å². The third-order valence-electron chi connectivity index (χ3n) is 2.04. The fourth-order valence-electron chi connectivity index (χ4n) is 1.31. The van der Waals surface area contributed by atoms with Gasteiger partial charge in [-0.2, -0.15) is 0 Å². The molecule has 1 atom stereocenters. The molecule has 6 heteroatoms. The van der Waals surface area contributed by atoms with Crippen LogP contribution in [-0.4, -0.2) is 47.4 Å². The third kappa shape index (κ3) is 3.94. The Bertz CT molecular complexity index is 288. The first-order valence-corrected chi connectivity index (χ1v) is 5.59. The SMILES string of the molecule is CC(C)(C)OC(=O)N1CCO[C@@H](C(N)=S)C1. The molecule has 1 heterocycles. The van der Waals surface area contributed by atoms with Gasteiger partial charge < -0.3 is 20.1 Å². The van der Waals surface area contributed by atoms with Crippen LogP contribution >= 0.6 is 12.2 Å². The summed E-state index contributed by atoms with van der Waals surface area (Å²) >= 11 is 4.84. The van der Waals surface area contributed by atoms with E-state index in [0.29, 0.717) is 19.7 Å². The molecule has 92 valence electrons. The second kappa shape index (κ2) is 4.97. The lowest BCUT2D eigenvalue weighted by Gasteiger charge is -2.33. The maximum Gasteiger partial charge on any atom is 0.410 e. The van der Waals surface area contributed by atoms with E-state index >= 15 is 0 Å². The minimum Gasteiger partial charge on any atom is -0.444 e. The van der Waals surface area contributed by atoms with E-state index in [4.69, 9.17) is 27.4 Å². The van der Waals surface area contributed by atoms with Crippen molar-refractivity contribution in [2.75, 3.05) is 19.7 Å². The molecule has 16 heavy (non-hydrogen) atoms. The van der Waals surface area contributed by atoms with Gasteiger partial charge in [-0.3, -0.25) is 0 Å². The average molecular weight is 246 g/mol. The molecule has 0 saturated carbocycles. The Kier molecular flexibility index (Phi) is 4.09. The third-order valence-corrected chi connectivity index (χ3v) is 2.30. The molecule has 1 amide bonds. The van der Waals surface area contributed by atoms with E-state index in [1.807, 2.05) is 20.8 Å². The lowest BCUT2D eigenvalue weighted by Crippen LogP contribution is -2.51. The molecule has 1 aliphatic heterocycles. The van der Waals surface area contributed by atoms with Gasteiger partial charge in [-0.05, 0) is 20.8 Å². The summed E-state index contributed by atoms with van der Waals surface area (Å²) in [4.78, 5) is 13.6. The molecule has 0 aromatic rings. The van der Waals surface area contributed by atoms with Crippen LogP contribution in [0.25, 0.3) is 0 Å². The van der Waals surface area contributed by atoms with E-state index < -0.39 is 5.60 Å². The zero-order valence-electron chi connectivity index (χ0n) is 9.86. The van der Waals surface area contributed by atoms with Crippen LogP contribution < -0.4 is 5.73 Å². The predicted molar refractivity (Wildman–Crippen MR) is 64.3 cm³/mol. The normalized spacial score (nSPS) is 21.7. The Hall–Kier alpha value is -0.880. The minimum atomic E-state index is -0.492. The van der Waals surface area contributed by atoms with Gasteiger partial charge in [-0.15, -0.1) is 0 Å². The Balaban J connectivity index is 2.54. The maximum absolute atomic E-state index is 11.7. The standard InChI is InChI=1S/C10H18N2O3S/c1-10(2,3)15-9(13)12-4-5-14-7(6-12)8(11)16/h7H,4-6H2,1-3H3,(H2,11,16)/t7-/m1/s1. The van der Waals surface area contributed by atoms with Crippen molar-refractivity contribution in [3.63, 3.8) is 0 Å². The highest BCUT2D eigenvalue weighted by molar-refractivity contribution is 7.80. The second-order valence-corrected chi connectivity index (χ2v) is 5.16. The van der Waals surface area contributed by atoms with Gasteiger partial charge in [0.1, 0.15) is 16.7 Å². The molecule has 0 aliphatic carbocycles. The van der Waals surface area contributed by atoms with Crippen LogP contribution in [0.15, 0.2) is 0 Å². The number of hydrogen-bond acceptors (Lipinski definition) is 4.